The molecule has 1 unspecified atom stereocenters. The van der Waals surface area contributed by atoms with Crippen molar-refractivity contribution in [1.82, 2.24) is 4.98 Å². The van der Waals surface area contributed by atoms with Crippen molar-refractivity contribution in [3.05, 3.63) is 111 Å². The van der Waals surface area contributed by atoms with Gasteiger partial charge in [0.25, 0.3) is 5.78 Å². The van der Waals surface area contributed by atoms with E-state index in [-0.39, 0.29) is 27.9 Å². The average Bonchev–Trinajstić information content (AvgIpc) is 3.52. The van der Waals surface area contributed by atoms with Crippen LogP contribution in [0.1, 0.15) is 50.6 Å². The predicted octanol–water partition coefficient (Wildman–Crippen LogP) is 6.15. The number of aromatic nitrogens is 1. The first kappa shape index (κ1) is 29.5. The number of ether oxygens (including phenoxy) is 3. The summed E-state index contributed by atoms with van der Waals surface area (Å²) in [5.74, 6) is -1.49. The zero-order chi connectivity index (χ0) is 30.7. The summed E-state index contributed by atoms with van der Waals surface area (Å²) in [5.41, 5.74) is 3.31. The van der Waals surface area contributed by atoms with Crippen molar-refractivity contribution < 1.29 is 33.7 Å². The highest BCUT2D eigenvalue weighted by atomic mass is 32.1. The van der Waals surface area contributed by atoms with E-state index in [1.165, 1.54) is 12.0 Å². The van der Waals surface area contributed by atoms with Gasteiger partial charge in [-0.25, -0.2) is 9.78 Å². The molecule has 1 fully saturated rings. The van der Waals surface area contributed by atoms with E-state index >= 15 is 0 Å². The number of hydrogen-bond donors (Lipinski definition) is 1. The van der Waals surface area contributed by atoms with Gasteiger partial charge in [-0.2, -0.15) is 0 Å². The van der Waals surface area contributed by atoms with Gasteiger partial charge in [0.2, 0.25) is 0 Å². The Morgan fingerprint density at radius 3 is 2.35 bits per heavy atom. The Labute approximate surface area is 253 Å². The van der Waals surface area contributed by atoms with Crippen molar-refractivity contribution in [1.29, 1.82) is 0 Å². The van der Waals surface area contributed by atoms with Crippen molar-refractivity contribution in [2.45, 2.75) is 33.4 Å². The van der Waals surface area contributed by atoms with Crippen molar-refractivity contribution in [2.75, 3.05) is 18.6 Å². The molecule has 1 saturated heterocycles. The summed E-state index contributed by atoms with van der Waals surface area (Å²) in [6, 6.07) is 20.5. The Morgan fingerprint density at radius 2 is 1.70 bits per heavy atom. The maximum Gasteiger partial charge on any atom is 0.350 e. The van der Waals surface area contributed by atoms with E-state index in [4.69, 9.17) is 14.2 Å². The van der Waals surface area contributed by atoms with Gasteiger partial charge in [0.15, 0.2) is 5.13 Å². The quantitative estimate of drug-likeness (QED) is 0.106. The smallest absolute Gasteiger partial charge is 0.350 e. The molecule has 2 heterocycles. The Balaban J connectivity index is 1.53. The first-order valence-corrected chi connectivity index (χ1v) is 14.4. The zero-order valence-electron chi connectivity index (χ0n) is 24.1. The molecule has 5 rings (SSSR count). The maximum absolute atomic E-state index is 13.5. The molecule has 9 nitrogen and oxygen atoms in total. The second kappa shape index (κ2) is 12.5. The largest absolute Gasteiger partial charge is 0.507 e. The standard InChI is InChI=1S/C33H30N2O7S/c1-5-41-32(39)30-20(3)34-33(43-30)35-27(22-9-13-24(40-4)14-10-22)26(29(37)31(35)38)28(36)23-11-15-25(16-12-23)42-18-21-8-6-7-19(2)17-21/h6-17,27,36H,5,18H2,1-4H3. The molecule has 0 radical (unpaired) electrons. The van der Waals surface area contributed by atoms with Gasteiger partial charge in [-0.05, 0) is 68.3 Å². The molecule has 0 aliphatic carbocycles. The molecule has 1 N–H and O–H groups in total. The van der Waals surface area contributed by atoms with Gasteiger partial charge < -0.3 is 19.3 Å². The lowest BCUT2D eigenvalue weighted by Crippen LogP contribution is -2.29. The molecule has 43 heavy (non-hydrogen) atoms. The minimum atomic E-state index is -1.01. The number of anilines is 1. The number of methoxy groups -OCH3 is 1. The molecular weight excluding hydrogens is 568 g/mol. The second-order valence-electron chi connectivity index (χ2n) is 9.88. The average molecular weight is 599 g/mol. The Morgan fingerprint density at radius 1 is 1.00 bits per heavy atom. The van der Waals surface area contributed by atoms with Gasteiger partial charge in [-0.15, -0.1) is 0 Å². The number of aliphatic hydroxyl groups is 1. The number of benzene rings is 3. The lowest BCUT2D eigenvalue weighted by atomic mass is 9.95. The third-order valence-corrected chi connectivity index (χ3v) is 8.08. The molecule has 0 saturated carbocycles. The molecular formula is C33H30N2O7S. The maximum atomic E-state index is 13.5. The van der Waals surface area contributed by atoms with Gasteiger partial charge in [0.05, 0.1) is 31.0 Å². The SMILES string of the molecule is CCOC(=O)c1sc(N2C(=O)C(=O)C(=C(O)c3ccc(OCc4cccc(C)c4)cc3)C2c2ccc(OC)cc2)nc1C. The minimum Gasteiger partial charge on any atom is -0.507 e. The molecule has 1 atom stereocenters. The third kappa shape index (κ3) is 6.00. The molecule has 1 aromatic heterocycles. The van der Waals surface area contributed by atoms with Crippen molar-refractivity contribution in [3.63, 3.8) is 0 Å². The number of rotatable bonds is 9. The highest BCUT2D eigenvalue weighted by Gasteiger charge is 2.48. The Bertz CT molecular complexity index is 1710. The molecule has 3 aromatic carbocycles. The minimum absolute atomic E-state index is 0.103. The molecule has 0 bridgehead atoms. The van der Waals surface area contributed by atoms with Crippen LogP contribution < -0.4 is 14.4 Å². The van der Waals surface area contributed by atoms with Gasteiger partial charge in [0.1, 0.15) is 28.7 Å². The third-order valence-electron chi connectivity index (χ3n) is 6.94. The molecule has 220 valence electrons. The topological polar surface area (TPSA) is 115 Å². The summed E-state index contributed by atoms with van der Waals surface area (Å²) < 4.78 is 16.3. The van der Waals surface area contributed by atoms with E-state index in [2.05, 4.69) is 4.98 Å². The molecule has 1 amide bonds. The van der Waals surface area contributed by atoms with Crippen LogP contribution in [0.2, 0.25) is 0 Å². The fourth-order valence-electron chi connectivity index (χ4n) is 4.84. The number of carbonyl (C=O) groups is 3. The number of esters is 1. The molecule has 0 spiro atoms. The number of hydrogen-bond acceptors (Lipinski definition) is 9. The lowest BCUT2D eigenvalue weighted by molar-refractivity contribution is -0.132. The fourth-order valence-corrected chi connectivity index (χ4v) is 5.82. The van der Waals surface area contributed by atoms with E-state index in [0.29, 0.717) is 34.9 Å². The van der Waals surface area contributed by atoms with Crippen LogP contribution in [-0.2, 0) is 20.9 Å². The first-order chi connectivity index (χ1) is 20.7. The van der Waals surface area contributed by atoms with Crippen LogP contribution in [0.3, 0.4) is 0 Å². The summed E-state index contributed by atoms with van der Waals surface area (Å²) in [4.78, 5) is 45.4. The second-order valence-corrected chi connectivity index (χ2v) is 10.9. The van der Waals surface area contributed by atoms with Crippen molar-refractivity contribution in [2.24, 2.45) is 0 Å². The molecule has 1 aliphatic rings. The number of thiazole rings is 1. The van der Waals surface area contributed by atoms with E-state index in [9.17, 15) is 19.5 Å². The Kier molecular flexibility index (Phi) is 8.58. The van der Waals surface area contributed by atoms with Crippen LogP contribution in [0, 0.1) is 13.8 Å². The zero-order valence-corrected chi connectivity index (χ0v) is 24.9. The number of aryl methyl sites for hydroxylation is 2. The summed E-state index contributed by atoms with van der Waals surface area (Å²) in [7, 11) is 1.53. The Hall–Kier alpha value is -4.96. The number of ketones is 1. The number of aliphatic hydroxyl groups excluding tert-OH is 1. The van der Waals surface area contributed by atoms with Crippen molar-refractivity contribution in [3.8, 4) is 11.5 Å². The van der Waals surface area contributed by atoms with Crippen LogP contribution in [0.25, 0.3) is 5.76 Å². The van der Waals surface area contributed by atoms with E-state index in [0.717, 1.165) is 22.5 Å². The van der Waals surface area contributed by atoms with Gasteiger partial charge in [-0.3, -0.25) is 14.5 Å². The van der Waals surface area contributed by atoms with Gasteiger partial charge >= 0.3 is 11.9 Å². The summed E-state index contributed by atoms with van der Waals surface area (Å²) >= 11 is 0.954. The number of amides is 1. The molecule has 4 aromatic rings. The van der Waals surface area contributed by atoms with E-state index in [1.54, 1.807) is 62.4 Å². The number of Topliss-reactive ketones (excluding diaryl/α,β-unsaturated/α-hetero) is 1. The van der Waals surface area contributed by atoms with Crippen molar-refractivity contribution >= 4 is 39.9 Å². The van der Waals surface area contributed by atoms with Crippen LogP contribution in [0.4, 0.5) is 5.13 Å². The van der Waals surface area contributed by atoms with Crippen LogP contribution in [0.15, 0.2) is 78.4 Å². The fraction of sp³-hybridized carbons (Fsp3) is 0.212. The van der Waals surface area contributed by atoms with Gasteiger partial charge in [0, 0.05) is 5.56 Å². The summed E-state index contributed by atoms with van der Waals surface area (Å²) in [5, 5.41) is 11.6. The first-order valence-electron chi connectivity index (χ1n) is 13.6. The molecule has 10 heteroatoms. The van der Waals surface area contributed by atoms with Crippen LogP contribution in [0.5, 0.6) is 11.5 Å². The van der Waals surface area contributed by atoms with E-state index in [1.807, 2.05) is 31.2 Å². The normalized spacial score (nSPS) is 15.9. The molecule has 1 aliphatic heterocycles. The highest BCUT2D eigenvalue weighted by molar-refractivity contribution is 7.17. The van der Waals surface area contributed by atoms with Crippen LogP contribution >= 0.6 is 11.3 Å². The summed E-state index contributed by atoms with van der Waals surface area (Å²) in [6.07, 6.45) is 0. The van der Waals surface area contributed by atoms with E-state index < -0.39 is 23.7 Å². The monoisotopic (exact) mass is 598 g/mol. The summed E-state index contributed by atoms with van der Waals surface area (Å²) in [6.45, 7) is 5.89. The predicted molar refractivity (Wildman–Crippen MR) is 163 cm³/mol. The lowest BCUT2D eigenvalue weighted by Gasteiger charge is -2.23. The van der Waals surface area contributed by atoms with Crippen LogP contribution in [-0.4, -0.2) is 41.5 Å². The number of carbonyl (C=O) groups excluding carboxylic acids is 3. The number of nitrogens with zero attached hydrogens (tertiary/aromatic N) is 2. The van der Waals surface area contributed by atoms with Gasteiger partial charge in [-0.1, -0.05) is 53.3 Å². The highest BCUT2D eigenvalue weighted by Crippen LogP contribution is 2.44.